The van der Waals surface area contributed by atoms with Crippen LogP contribution in [0.2, 0.25) is 0 Å². The molecule has 2 aliphatic rings. The number of rotatable bonds is 8. The number of fused-ring (bicyclic) bond motifs is 1. The molecular weight excluding hydrogens is 510 g/mol. The third-order valence-electron chi connectivity index (χ3n) is 7.28. The van der Waals surface area contributed by atoms with Crippen LogP contribution in [0.4, 0.5) is 11.5 Å². The minimum absolute atomic E-state index is 0.0381. The molecule has 5 rings (SSSR count). The highest BCUT2D eigenvalue weighted by Crippen LogP contribution is 2.21. The summed E-state index contributed by atoms with van der Waals surface area (Å²) in [4.78, 5) is 34.4. The van der Waals surface area contributed by atoms with Crippen LogP contribution in [-0.4, -0.2) is 99.1 Å². The quantitative estimate of drug-likeness (QED) is 0.411. The summed E-state index contributed by atoms with van der Waals surface area (Å²) in [5.74, 6) is 0.455. The number of piperidine rings is 1. The molecule has 0 saturated carbocycles. The van der Waals surface area contributed by atoms with E-state index in [0.29, 0.717) is 60.2 Å². The highest BCUT2D eigenvalue weighted by molar-refractivity contribution is 5.95. The number of carbonyl (C=O) groups is 2. The van der Waals surface area contributed by atoms with Crippen LogP contribution in [0.3, 0.4) is 0 Å². The van der Waals surface area contributed by atoms with E-state index in [1.165, 1.54) is 0 Å². The predicted molar refractivity (Wildman–Crippen MR) is 151 cm³/mol. The molecule has 40 heavy (non-hydrogen) atoms. The molecule has 2 N–H and O–H groups in total. The van der Waals surface area contributed by atoms with E-state index in [4.69, 9.17) is 4.74 Å². The Bertz CT molecular complexity index is 1470. The van der Waals surface area contributed by atoms with E-state index < -0.39 is 0 Å². The summed E-state index contributed by atoms with van der Waals surface area (Å²) in [5.41, 5.74) is 1.80. The number of anilines is 2. The van der Waals surface area contributed by atoms with Crippen molar-refractivity contribution in [1.29, 1.82) is 0 Å². The second-order valence-corrected chi connectivity index (χ2v) is 9.91. The molecule has 3 aromatic rings. The number of nitrogens with zero attached hydrogens (tertiary/aromatic N) is 7. The average molecular weight is 546 g/mol. The summed E-state index contributed by atoms with van der Waals surface area (Å²) in [6, 6.07) is 7.22. The first-order valence-corrected chi connectivity index (χ1v) is 13.7. The molecule has 0 bridgehead atoms. The number of carbonyl (C=O) groups excluding carboxylic acids is 2. The van der Waals surface area contributed by atoms with Gasteiger partial charge in [-0.3, -0.25) is 14.5 Å². The monoisotopic (exact) mass is 545 g/mol. The van der Waals surface area contributed by atoms with Gasteiger partial charge < -0.3 is 20.3 Å². The van der Waals surface area contributed by atoms with Gasteiger partial charge in [-0.15, -0.1) is 5.10 Å². The smallest absolute Gasteiger partial charge is 0.253 e. The Hall–Kier alpha value is -4.16. The minimum atomic E-state index is -0.0590. The van der Waals surface area contributed by atoms with Crippen molar-refractivity contribution >= 4 is 41.6 Å². The second kappa shape index (κ2) is 12.8. The molecule has 12 heteroatoms. The number of amides is 2. The van der Waals surface area contributed by atoms with Gasteiger partial charge in [0.05, 0.1) is 23.9 Å². The Morgan fingerprint density at radius 2 is 1.88 bits per heavy atom. The van der Waals surface area contributed by atoms with Gasteiger partial charge in [0.1, 0.15) is 0 Å². The fourth-order valence-electron chi connectivity index (χ4n) is 4.97. The lowest BCUT2D eigenvalue weighted by atomic mass is 9.95. The van der Waals surface area contributed by atoms with E-state index in [9.17, 15) is 9.59 Å². The maximum atomic E-state index is 13.1. The van der Waals surface area contributed by atoms with E-state index >= 15 is 0 Å². The minimum Gasteiger partial charge on any atom is -0.379 e. The number of morpholine rings is 1. The second-order valence-electron chi connectivity index (χ2n) is 9.91. The van der Waals surface area contributed by atoms with Crippen LogP contribution in [0.15, 0.2) is 36.4 Å². The van der Waals surface area contributed by atoms with Crippen molar-refractivity contribution in [1.82, 2.24) is 40.1 Å². The number of benzene rings is 1. The molecular formula is C28H35N9O3. The standard InChI is InChI=1S/C28H35N9O3/c1-3-4-5-24-20(2)30-25(26-32-33-34-37(24)26)31-23-8-6-22(7-9-23)28(39)36-13-10-21(11-14-36)27(38)29-12-15-35-16-18-40-19-17-35/h3-9,21H,2,10-19H2,1H3,(H,29,38)(H,30,31)/b4-3-,24-5+. The molecule has 12 nitrogen and oxygen atoms in total. The zero-order valence-electron chi connectivity index (χ0n) is 22.8. The number of hydrogen-bond donors (Lipinski definition) is 2. The van der Waals surface area contributed by atoms with Crippen LogP contribution in [0, 0.1) is 5.92 Å². The van der Waals surface area contributed by atoms with Crippen molar-refractivity contribution in [3.63, 3.8) is 0 Å². The van der Waals surface area contributed by atoms with Crippen molar-refractivity contribution in [2.24, 2.45) is 5.92 Å². The molecule has 0 aliphatic carbocycles. The summed E-state index contributed by atoms with van der Waals surface area (Å²) in [7, 11) is 0. The van der Waals surface area contributed by atoms with Crippen LogP contribution in [0.5, 0.6) is 0 Å². The Morgan fingerprint density at radius 3 is 2.60 bits per heavy atom. The molecule has 2 aliphatic heterocycles. The largest absolute Gasteiger partial charge is 0.379 e. The van der Waals surface area contributed by atoms with Gasteiger partial charge in [-0.2, -0.15) is 4.52 Å². The SMILES string of the molecule is C=c1nc(Nc2ccc(C(=O)N3CCC(C(=O)NCCN4CCOCC4)CC3)cc2)c2nnnn2/c1=C/C=C\C. The number of likely N-dealkylation sites (tertiary alicyclic amines) is 1. The summed E-state index contributed by atoms with van der Waals surface area (Å²) in [6.07, 6.45) is 6.96. The Balaban J connectivity index is 1.15. The maximum absolute atomic E-state index is 13.1. The molecule has 2 fully saturated rings. The average Bonchev–Trinajstić information content (AvgIpc) is 3.48. The molecule has 2 amide bonds. The summed E-state index contributed by atoms with van der Waals surface area (Å²) in [5, 5.41) is 19.5. The van der Waals surface area contributed by atoms with Crippen LogP contribution in [0.25, 0.3) is 18.3 Å². The first-order valence-electron chi connectivity index (χ1n) is 13.7. The van der Waals surface area contributed by atoms with Gasteiger partial charge in [-0.25, -0.2) is 4.98 Å². The summed E-state index contributed by atoms with van der Waals surface area (Å²) < 4.78 is 6.95. The van der Waals surface area contributed by atoms with Crippen molar-refractivity contribution in [3.05, 3.63) is 52.7 Å². The zero-order chi connectivity index (χ0) is 27.9. The number of nitrogens with one attached hydrogen (secondary N) is 2. The lowest BCUT2D eigenvalue weighted by molar-refractivity contribution is -0.126. The van der Waals surface area contributed by atoms with Crippen LogP contribution in [-0.2, 0) is 9.53 Å². The highest BCUT2D eigenvalue weighted by atomic mass is 16.5. The van der Waals surface area contributed by atoms with Crippen LogP contribution >= 0.6 is 0 Å². The lowest BCUT2D eigenvalue weighted by Gasteiger charge is -2.32. The topological polar surface area (TPSA) is 130 Å². The van der Waals surface area contributed by atoms with Gasteiger partial charge in [-0.1, -0.05) is 18.7 Å². The van der Waals surface area contributed by atoms with E-state index in [-0.39, 0.29) is 17.7 Å². The Kier molecular flexibility index (Phi) is 8.77. The number of hydrogen-bond acceptors (Lipinski definition) is 9. The lowest BCUT2D eigenvalue weighted by Crippen LogP contribution is -2.45. The van der Waals surface area contributed by atoms with Gasteiger partial charge in [0.2, 0.25) is 11.6 Å². The molecule has 0 atom stereocenters. The first kappa shape index (κ1) is 27.4. The highest BCUT2D eigenvalue weighted by Gasteiger charge is 2.28. The van der Waals surface area contributed by atoms with E-state index in [0.717, 1.165) is 38.5 Å². The third-order valence-corrected chi connectivity index (χ3v) is 7.28. The normalized spacial score (nSPS) is 17.5. The Labute approximate surface area is 232 Å². The predicted octanol–water partition coefficient (Wildman–Crippen LogP) is 0.330. The summed E-state index contributed by atoms with van der Waals surface area (Å²) >= 11 is 0. The molecule has 2 aromatic heterocycles. The maximum Gasteiger partial charge on any atom is 0.253 e. The molecule has 0 unspecified atom stereocenters. The van der Waals surface area contributed by atoms with Gasteiger partial charge >= 0.3 is 0 Å². The molecule has 2 saturated heterocycles. The molecule has 0 spiro atoms. The third kappa shape index (κ3) is 6.35. The van der Waals surface area contributed by atoms with Gasteiger partial charge in [0, 0.05) is 56.4 Å². The van der Waals surface area contributed by atoms with Crippen LogP contribution < -0.4 is 21.3 Å². The van der Waals surface area contributed by atoms with Crippen molar-refractivity contribution < 1.29 is 14.3 Å². The number of ether oxygens (including phenoxy) is 1. The van der Waals surface area contributed by atoms with Gasteiger partial charge in [0.25, 0.3) is 5.91 Å². The van der Waals surface area contributed by atoms with E-state index in [1.807, 2.05) is 42.2 Å². The number of aromatic nitrogens is 5. The molecule has 210 valence electrons. The van der Waals surface area contributed by atoms with E-state index in [2.05, 4.69) is 42.6 Å². The summed E-state index contributed by atoms with van der Waals surface area (Å²) in [6.45, 7) is 11.9. The number of allylic oxidation sites excluding steroid dienone is 2. The van der Waals surface area contributed by atoms with Crippen LogP contribution in [0.1, 0.15) is 30.1 Å². The van der Waals surface area contributed by atoms with Crippen molar-refractivity contribution in [2.45, 2.75) is 19.8 Å². The van der Waals surface area contributed by atoms with Gasteiger partial charge in [-0.05, 0) is 60.5 Å². The zero-order valence-corrected chi connectivity index (χ0v) is 22.8. The van der Waals surface area contributed by atoms with Gasteiger partial charge in [0.15, 0.2) is 5.82 Å². The first-order chi connectivity index (χ1) is 19.5. The molecule has 1 aromatic carbocycles. The fraction of sp³-hybridized carbons (Fsp3) is 0.429. The molecule has 0 radical (unpaired) electrons. The van der Waals surface area contributed by atoms with E-state index in [1.54, 1.807) is 16.6 Å². The van der Waals surface area contributed by atoms with Crippen molar-refractivity contribution in [2.75, 3.05) is 57.8 Å². The Morgan fingerprint density at radius 1 is 1.12 bits per heavy atom. The fourth-order valence-corrected chi connectivity index (χ4v) is 4.97. The molecule has 4 heterocycles. The van der Waals surface area contributed by atoms with Crippen molar-refractivity contribution in [3.8, 4) is 0 Å². The number of tetrazole rings is 1.